The van der Waals surface area contributed by atoms with Gasteiger partial charge in [-0.25, -0.2) is 4.98 Å². The van der Waals surface area contributed by atoms with Crippen LogP contribution in [0.1, 0.15) is 17.5 Å². The maximum absolute atomic E-state index is 12.3. The molecule has 22 heavy (non-hydrogen) atoms. The lowest BCUT2D eigenvalue weighted by Gasteiger charge is -2.18. The maximum Gasteiger partial charge on any atom is 0.246 e. The summed E-state index contributed by atoms with van der Waals surface area (Å²) in [6.07, 6.45) is 7.30. The van der Waals surface area contributed by atoms with Crippen LogP contribution in [0, 0.1) is 0 Å². The Hall–Kier alpha value is -2.40. The molecule has 5 heteroatoms. The van der Waals surface area contributed by atoms with E-state index in [1.165, 1.54) is 0 Å². The Morgan fingerprint density at radius 1 is 1.36 bits per heavy atom. The molecule has 0 aliphatic heterocycles. The van der Waals surface area contributed by atoms with Crippen LogP contribution in [-0.4, -0.2) is 26.7 Å². The minimum Gasteiger partial charge on any atom is -0.334 e. The lowest BCUT2D eigenvalue weighted by atomic mass is 10.3. The summed E-state index contributed by atoms with van der Waals surface area (Å²) in [5.41, 5.74) is 1.91. The zero-order chi connectivity index (χ0) is 15.4. The Morgan fingerprint density at radius 3 is 3.05 bits per heavy atom. The number of imidazole rings is 1. The maximum atomic E-state index is 12.3. The first kappa shape index (κ1) is 14.5. The lowest BCUT2D eigenvalue weighted by Crippen LogP contribution is -2.29. The second-order valence-electron chi connectivity index (χ2n) is 4.88. The third-order valence-corrected chi connectivity index (χ3v) is 4.31. The highest BCUT2D eigenvalue weighted by molar-refractivity contribution is 7.10. The van der Waals surface area contributed by atoms with Crippen molar-refractivity contribution in [2.45, 2.75) is 13.5 Å². The molecule has 0 N–H and O–H groups in total. The number of pyridine rings is 1. The molecule has 3 heterocycles. The molecule has 0 unspecified atom stereocenters. The van der Waals surface area contributed by atoms with Gasteiger partial charge in [0.25, 0.3) is 0 Å². The van der Waals surface area contributed by atoms with Gasteiger partial charge < -0.3 is 9.30 Å². The Morgan fingerprint density at radius 2 is 2.27 bits per heavy atom. The van der Waals surface area contributed by atoms with Crippen molar-refractivity contribution in [3.05, 3.63) is 64.8 Å². The molecule has 0 atom stereocenters. The first-order chi connectivity index (χ1) is 10.8. The van der Waals surface area contributed by atoms with E-state index in [9.17, 15) is 4.79 Å². The molecule has 0 aliphatic carbocycles. The van der Waals surface area contributed by atoms with Crippen molar-refractivity contribution < 1.29 is 4.79 Å². The number of nitrogens with zero attached hydrogens (tertiary/aromatic N) is 3. The molecule has 3 aromatic rings. The van der Waals surface area contributed by atoms with Crippen molar-refractivity contribution >= 4 is 29.0 Å². The van der Waals surface area contributed by atoms with Gasteiger partial charge in [-0.3, -0.25) is 4.79 Å². The summed E-state index contributed by atoms with van der Waals surface area (Å²) in [6, 6.07) is 9.85. The zero-order valence-corrected chi connectivity index (χ0v) is 13.2. The standard InChI is InChI=1S/C17H17N3OS/c1-2-19(17(21)9-8-15-6-5-11-22-15)13-14-12-18-16-7-3-4-10-20(14)16/h3-12H,2,13H2,1H3. The van der Waals surface area contributed by atoms with Crippen molar-refractivity contribution in [2.75, 3.05) is 6.54 Å². The minimum absolute atomic E-state index is 0.0155. The molecule has 0 aliphatic rings. The van der Waals surface area contributed by atoms with Crippen LogP contribution < -0.4 is 0 Å². The first-order valence-corrected chi connectivity index (χ1v) is 8.07. The fourth-order valence-electron chi connectivity index (χ4n) is 2.29. The molecule has 1 amide bonds. The van der Waals surface area contributed by atoms with Gasteiger partial charge in [-0.15, -0.1) is 11.3 Å². The molecule has 3 rings (SSSR count). The summed E-state index contributed by atoms with van der Waals surface area (Å²) in [5.74, 6) is 0.0155. The average molecular weight is 311 g/mol. The average Bonchev–Trinajstić information content (AvgIpc) is 3.20. The molecule has 0 fully saturated rings. The van der Waals surface area contributed by atoms with E-state index >= 15 is 0 Å². The predicted molar refractivity (Wildman–Crippen MR) is 89.6 cm³/mol. The largest absolute Gasteiger partial charge is 0.334 e. The molecule has 0 bridgehead atoms. The Labute approximate surface area is 133 Å². The number of aromatic nitrogens is 2. The molecule has 0 saturated carbocycles. The van der Waals surface area contributed by atoms with Gasteiger partial charge in [-0.05, 0) is 36.6 Å². The van der Waals surface area contributed by atoms with Gasteiger partial charge in [0, 0.05) is 23.7 Å². The third kappa shape index (κ3) is 3.09. The van der Waals surface area contributed by atoms with Crippen LogP contribution in [0.5, 0.6) is 0 Å². The molecule has 0 spiro atoms. The van der Waals surface area contributed by atoms with Crippen LogP contribution in [0.15, 0.2) is 54.2 Å². The normalized spacial score (nSPS) is 11.3. The summed E-state index contributed by atoms with van der Waals surface area (Å²) < 4.78 is 2.01. The van der Waals surface area contributed by atoms with Crippen LogP contribution in [0.4, 0.5) is 0 Å². The third-order valence-electron chi connectivity index (χ3n) is 3.47. The number of thiophene rings is 1. The quantitative estimate of drug-likeness (QED) is 0.677. The summed E-state index contributed by atoms with van der Waals surface area (Å²) in [4.78, 5) is 19.6. The Kier molecular flexibility index (Phi) is 4.34. The molecule has 0 aromatic carbocycles. The van der Waals surface area contributed by atoms with Crippen LogP contribution in [0.2, 0.25) is 0 Å². The summed E-state index contributed by atoms with van der Waals surface area (Å²) in [7, 11) is 0. The molecule has 4 nitrogen and oxygen atoms in total. The summed E-state index contributed by atoms with van der Waals surface area (Å²) in [5, 5.41) is 2.00. The highest BCUT2D eigenvalue weighted by atomic mass is 32.1. The Bertz CT molecular complexity index is 789. The smallest absolute Gasteiger partial charge is 0.246 e. The van der Waals surface area contributed by atoms with Gasteiger partial charge >= 0.3 is 0 Å². The van der Waals surface area contributed by atoms with Crippen molar-refractivity contribution in [3.8, 4) is 0 Å². The van der Waals surface area contributed by atoms with Gasteiger partial charge in [-0.1, -0.05) is 12.1 Å². The van der Waals surface area contributed by atoms with Crippen molar-refractivity contribution in [1.82, 2.24) is 14.3 Å². The van der Waals surface area contributed by atoms with Gasteiger partial charge in [0.2, 0.25) is 5.91 Å². The van der Waals surface area contributed by atoms with E-state index in [1.54, 1.807) is 22.3 Å². The van der Waals surface area contributed by atoms with E-state index in [4.69, 9.17) is 0 Å². The molecule has 0 saturated heterocycles. The van der Waals surface area contributed by atoms with Gasteiger partial charge in [0.1, 0.15) is 5.65 Å². The van der Waals surface area contributed by atoms with Crippen molar-refractivity contribution in [3.63, 3.8) is 0 Å². The molecular formula is C17H17N3OS. The van der Waals surface area contributed by atoms with E-state index in [1.807, 2.05) is 65.5 Å². The van der Waals surface area contributed by atoms with Crippen molar-refractivity contribution in [1.29, 1.82) is 0 Å². The minimum atomic E-state index is 0.0155. The zero-order valence-electron chi connectivity index (χ0n) is 12.3. The molecule has 0 radical (unpaired) electrons. The first-order valence-electron chi connectivity index (χ1n) is 7.19. The second-order valence-corrected chi connectivity index (χ2v) is 5.86. The SMILES string of the molecule is CCN(Cc1cnc2ccccn12)C(=O)C=Cc1cccs1. The second kappa shape index (κ2) is 6.58. The van der Waals surface area contributed by atoms with Gasteiger partial charge in [0.15, 0.2) is 0 Å². The highest BCUT2D eigenvalue weighted by Gasteiger charge is 2.12. The number of rotatable bonds is 5. The number of amides is 1. The van der Waals surface area contributed by atoms with Crippen LogP contribution in [0.3, 0.4) is 0 Å². The fraction of sp³-hybridized carbons (Fsp3) is 0.176. The van der Waals surface area contributed by atoms with E-state index in [-0.39, 0.29) is 5.91 Å². The number of hydrogen-bond acceptors (Lipinski definition) is 3. The van der Waals surface area contributed by atoms with Crippen LogP contribution >= 0.6 is 11.3 Å². The van der Waals surface area contributed by atoms with Gasteiger partial charge in [0.05, 0.1) is 18.4 Å². The van der Waals surface area contributed by atoms with E-state index in [2.05, 4.69) is 4.98 Å². The highest BCUT2D eigenvalue weighted by Crippen LogP contribution is 2.12. The topological polar surface area (TPSA) is 37.6 Å². The van der Waals surface area contributed by atoms with Crippen LogP contribution in [0.25, 0.3) is 11.7 Å². The lowest BCUT2D eigenvalue weighted by molar-refractivity contribution is -0.126. The number of carbonyl (C=O) groups is 1. The van der Waals surface area contributed by atoms with E-state index in [0.29, 0.717) is 13.1 Å². The van der Waals surface area contributed by atoms with Crippen molar-refractivity contribution in [2.24, 2.45) is 0 Å². The summed E-state index contributed by atoms with van der Waals surface area (Å²) >= 11 is 1.62. The van der Waals surface area contributed by atoms with Gasteiger partial charge in [-0.2, -0.15) is 0 Å². The van der Waals surface area contributed by atoms with E-state index in [0.717, 1.165) is 16.2 Å². The number of hydrogen-bond donors (Lipinski definition) is 0. The van der Waals surface area contributed by atoms with E-state index < -0.39 is 0 Å². The molecule has 112 valence electrons. The fourth-order valence-corrected chi connectivity index (χ4v) is 2.91. The monoisotopic (exact) mass is 311 g/mol. The number of fused-ring (bicyclic) bond motifs is 1. The summed E-state index contributed by atoms with van der Waals surface area (Å²) in [6.45, 7) is 3.20. The van der Waals surface area contributed by atoms with Crippen LogP contribution in [-0.2, 0) is 11.3 Å². The molecule has 3 aromatic heterocycles. The Balaban J connectivity index is 1.75. The number of likely N-dealkylation sites (N-methyl/N-ethyl adjacent to an activating group) is 1. The number of carbonyl (C=O) groups excluding carboxylic acids is 1. The molecular weight excluding hydrogens is 294 g/mol. The predicted octanol–water partition coefficient (Wildman–Crippen LogP) is 3.46.